The Kier molecular flexibility index (Phi) is 5.51. The van der Waals surface area contributed by atoms with E-state index in [1.165, 1.54) is 6.42 Å². The number of rotatable bonds is 5. The first kappa shape index (κ1) is 17.5. The predicted molar refractivity (Wildman–Crippen MR) is 101 cm³/mol. The van der Waals surface area contributed by atoms with Gasteiger partial charge in [0.25, 0.3) is 0 Å². The topological polar surface area (TPSA) is 76.5 Å². The number of aromatic nitrogens is 2. The summed E-state index contributed by atoms with van der Waals surface area (Å²) in [6.07, 6.45) is 8.81. The summed E-state index contributed by atoms with van der Waals surface area (Å²) in [4.78, 5) is 9.15. The first-order chi connectivity index (χ1) is 12.8. The maximum Gasteiger partial charge on any atom is 0.223 e. The minimum atomic E-state index is -0.160. The first-order valence-electron chi connectivity index (χ1n) is 9.73. The summed E-state index contributed by atoms with van der Waals surface area (Å²) in [5.41, 5.74) is 0.830. The van der Waals surface area contributed by atoms with Gasteiger partial charge in [0, 0.05) is 24.2 Å². The number of benzene rings is 1. The Labute approximate surface area is 153 Å². The van der Waals surface area contributed by atoms with Crippen molar-refractivity contribution in [3.63, 3.8) is 0 Å². The molecule has 6 heteroatoms. The molecule has 2 heterocycles. The molecule has 1 aliphatic heterocycles. The standard InChI is InChI=1S/C20H27N3O3/c24-16-9-7-15(8-10-16)22-20-21-12-14-4-3-6-18(19(14)23-20)26-13-17-5-1-2-11-25-17/h3-4,6,12,15-17,24H,1-2,5,7-11,13H2,(H,21,22,23)/t15-,16-,17?. The monoisotopic (exact) mass is 357 g/mol. The van der Waals surface area contributed by atoms with Gasteiger partial charge in [0.05, 0.1) is 12.2 Å². The van der Waals surface area contributed by atoms with Gasteiger partial charge in [-0.05, 0) is 51.0 Å². The Morgan fingerprint density at radius 3 is 2.85 bits per heavy atom. The van der Waals surface area contributed by atoms with Crippen LogP contribution in [0.25, 0.3) is 10.9 Å². The minimum Gasteiger partial charge on any atom is -0.489 e. The van der Waals surface area contributed by atoms with Crippen molar-refractivity contribution in [2.75, 3.05) is 18.5 Å². The lowest BCUT2D eigenvalue weighted by Gasteiger charge is -2.26. The van der Waals surface area contributed by atoms with Crippen LogP contribution in [0.4, 0.5) is 5.95 Å². The van der Waals surface area contributed by atoms with Crippen LogP contribution < -0.4 is 10.1 Å². The average molecular weight is 357 g/mol. The molecule has 26 heavy (non-hydrogen) atoms. The highest BCUT2D eigenvalue weighted by atomic mass is 16.5. The second-order valence-corrected chi connectivity index (χ2v) is 7.34. The molecule has 0 radical (unpaired) electrons. The van der Waals surface area contributed by atoms with Gasteiger partial charge in [-0.1, -0.05) is 12.1 Å². The third-order valence-electron chi connectivity index (χ3n) is 5.30. The molecule has 2 N–H and O–H groups in total. The second-order valence-electron chi connectivity index (χ2n) is 7.34. The van der Waals surface area contributed by atoms with E-state index in [9.17, 15) is 5.11 Å². The van der Waals surface area contributed by atoms with Crippen molar-refractivity contribution in [1.29, 1.82) is 0 Å². The van der Waals surface area contributed by atoms with Crippen molar-refractivity contribution in [1.82, 2.24) is 9.97 Å². The number of aliphatic hydroxyl groups is 1. The van der Waals surface area contributed by atoms with Crippen LogP contribution in [0.3, 0.4) is 0 Å². The fraction of sp³-hybridized carbons (Fsp3) is 0.600. The molecule has 2 aromatic rings. The van der Waals surface area contributed by atoms with E-state index < -0.39 is 0 Å². The molecule has 0 amide bonds. The van der Waals surface area contributed by atoms with Crippen LogP contribution in [-0.4, -0.2) is 46.5 Å². The zero-order chi connectivity index (χ0) is 17.8. The number of aliphatic hydroxyl groups excluding tert-OH is 1. The predicted octanol–water partition coefficient (Wildman–Crippen LogP) is 3.29. The highest BCUT2D eigenvalue weighted by Crippen LogP contribution is 2.26. The summed E-state index contributed by atoms with van der Waals surface area (Å²) in [6, 6.07) is 6.25. The quantitative estimate of drug-likeness (QED) is 0.855. The van der Waals surface area contributed by atoms with Gasteiger partial charge in [0.1, 0.15) is 17.9 Å². The molecule has 0 spiro atoms. The van der Waals surface area contributed by atoms with Crippen molar-refractivity contribution >= 4 is 16.9 Å². The van der Waals surface area contributed by atoms with Crippen LogP contribution in [-0.2, 0) is 4.74 Å². The lowest BCUT2D eigenvalue weighted by atomic mass is 9.93. The average Bonchev–Trinajstić information content (AvgIpc) is 2.69. The van der Waals surface area contributed by atoms with Crippen LogP contribution in [0.2, 0.25) is 0 Å². The Hall–Kier alpha value is -1.92. The van der Waals surface area contributed by atoms with Gasteiger partial charge in [-0.15, -0.1) is 0 Å². The highest BCUT2D eigenvalue weighted by molar-refractivity contribution is 5.84. The van der Waals surface area contributed by atoms with Gasteiger partial charge >= 0.3 is 0 Å². The van der Waals surface area contributed by atoms with Crippen LogP contribution >= 0.6 is 0 Å². The number of ether oxygens (including phenoxy) is 2. The molecular weight excluding hydrogens is 330 g/mol. The SMILES string of the molecule is O[C@H]1CC[C@H](Nc2ncc3cccc(OCC4CCCCO4)c3n2)CC1. The lowest BCUT2D eigenvalue weighted by molar-refractivity contribution is -0.0108. The summed E-state index contributed by atoms with van der Waals surface area (Å²) >= 11 is 0. The highest BCUT2D eigenvalue weighted by Gasteiger charge is 2.20. The molecule has 6 nitrogen and oxygen atoms in total. The van der Waals surface area contributed by atoms with E-state index in [1.54, 1.807) is 0 Å². The van der Waals surface area contributed by atoms with E-state index in [0.717, 1.165) is 61.8 Å². The largest absolute Gasteiger partial charge is 0.489 e. The van der Waals surface area contributed by atoms with Gasteiger partial charge in [-0.3, -0.25) is 0 Å². The van der Waals surface area contributed by atoms with E-state index in [1.807, 2.05) is 24.4 Å². The van der Waals surface area contributed by atoms with Crippen molar-refractivity contribution in [3.05, 3.63) is 24.4 Å². The molecule has 1 aromatic heterocycles. The fourth-order valence-electron chi connectivity index (χ4n) is 3.74. The zero-order valence-electron chi connectivity index (χ0n) is 15.1. The number of nitrogens with zero attached hydrogens (tertiary/aromatic N) is 2. The molecule has 2 fully saturated rings. The Morgan fingerprint density at radius 2 is 2.04 bits per heavy atom. The summed E-state index contributed by atoms with van der Waals surface area (Å²) in [5, 5.41) is 14.0. The number of nitrogens with one attached hydrogen (secondary N) is 1. The van der Waals surface area contributed by atoms with Crippen molar-refractivity contribution in [2.45, 2.75) is 63.2 Å². The Bertz CT molecular complexity index is 725. The maximum absolute atomic E-state index is 9.65. The molecule has 1 unspecified atom stereocenters. The Balaban J connectivity index is 1.46. The van der Waals surface area contributed by atoms with Crippen molar-refractivity contribution in [2.24, 2.45) is 0 Å². The smallest absolute Gasteiger partial charge is 0.223 e. The van der Waals surface area contributed by atoms with E-state index in [-0.39, 0.29) is 12.2 Å². The molecule has 0 bridgehead atoms. The van der Waals surface area contributed by atoms with Gasteiger partial charge in [-0.25, -0.2) is 9.97 Å². The summed E-state index contributed by atoms with van der Waals surface area (Å²) in [5.74, 6) is 1.41. The fourth-order valence-corrected chi connectivity index (χ4v) is 3.74. The lowest BCUT2D eigenvalue weighted by Crippen LogP contribution is -2.28. The van der Waals surface area contributed by atoms with Gasteiger partial charge in [0.15, 0.2) is 0 Å². The number of anilines is 1. The number of fused-ring (bicyclic) bond motifs is 1. The van der Waals surface area contributed by atoms with Crippen LogP contribution in [0.1, 0.15) is 44.9 Å². The van der Waals surface area contributed by atoms with Crippen LogP contribution in [0, 0.1) is 0 Å². The summed E-state index contributed by atoms with van der Waals surface area (Å²) < 4.78 is 11.8. The number of hydrogen-bond acceptors (Lipinski definition) is 6. The summed E-state index contributed by atoms with van der Waals surface area (Å²) in [7, 11) is 0. The van der Waals surface area contributed by atoms with Gasteiger partial charge in [0.2, 0.25) is 5.95 Å². The molecule has 2 aliphatic rings. The van der Waals surface area contributed by atoms with Gasteiger partial charge < -0.3 is 19.9 Å². The third-order valence-corrected chi connectivity index (χ3v) is 5.30. The van der Waals surface area contributed by atoms with Crippen molar-refractivity contribution < 1.29 is 14.6 Å². The second kappa shape index (κ2) is 8.18. The first-order valence-corrected chi connectivity index (χ1v) is 9.73. The molecule has 1 aliphatic carbocycles. The van der Waals surface area contributed by atoms with Crippen LogP contribution in [0.15, 0.2) is 24.4 Å². The third kappa shape index (κ3) is 4.24. The van der Waals surface area contributed by atoms with E-state index in [0.29, 0.717) is 18.6 Å². The molecule has 1 atom stereocenters. The minimum absolute atomic E-state index is 0.160. The molecule has 140 valence electrons. The van der Waals surface area contributed by atoms with E-state index >= 15 is 0 Å². The normalized spacial score (nSPS) is 26.6. The molecule has 1 saturated carbocycles. The van der Waals surface area contributed by atoms with Crippen molar-refractivity contribution in [3.8, 4) is 5.75 Å². The van der Waals surface area contributed by atoms with Crippen LogP contribution in [0.5, 0.6) is 5.75 Å². The molecule has 4 rings (SSSR count). The number of para-hydroxylation sites is 1. The van der Waals surface area contributed by atoms with Gasteiger partial charge in [-0.2, -0.15) is 0 Å². The number of hydrogen-bond donors (Lipinski definition) is 2. The Morgan fingerprint density at radius 1 is 1.15 bits per heavy atom. The maximum atomic E-state index is 9.65. The molecular formula is C20H27N3O3. The molecule has 1 saturated heterocycles. The zero-order valence-corrected chi connectivity index (χ0v) is 15.1. The van der Waals surface area contributed by atoms with E-state index in [4.69, 9.17) is 14.5 Å². The molecule has 1 aromatic carbocycles. The summed E-state index contributed by atoms with van der Waals surface area (Å²) in [6.45, 7) is 1.39. The van der Waals surface area contributed by atoms with E-state index in [2.05, 4.69) is 10.3 Å².